The third kappa shape index (κ3) is 4.17. The predicted octanol–water partition coefficient (Wildman–Crippen LogP) is 7.10. The van der Waals surface area contributed by atoms with Crippen molar-refractivity contribution in [3.63, 3.8) is 0 Å². The second-order valence-electron chi connectivity index (χ2n) is 8.20. The zero-order valence-corrected chi connectivity index (χ0v) is 20.9. The number of aromatic nitrogens is 2. The first kappa shape index (κ1) is 22.7. The van der Waals surface area contributed by atoms with E-state index in [0.29, 0.717) is 33.3 Å². The quantitative estimate of drug-likeness (QED) is 0.252. The highest BCUT2D eigenvalue weighted by Crippen LogP contribution is 2.40. The summed E-state index contributed by atoms with van der Waals surface area (Å²) < 4.78 is 7.84. The lowest BCUT2D eigenvalue weighted by molar-refractivity contribution is 0.0996. The van der Waals surface area contributed by atoms with Gasteiger partial charge in [-0.25, -0.2) is 4.98 Å². The van der Waals surface area contributed by atoms with Crippen molar-refractivity contribution in [3.8, 4) is 22.9 Å². The zero-order chi connectivity index (χ0) is 24.7. The molecule has 174 valence electrons. The maximum atomic E-state index is 13.3. The van der Waals surface area contributed by atoms with Crippen molar-refractivity contribution in [3.05, 3.63) is 82.3 Å². The summed E-state index contributed by atoms with van der Waals surface area (Å²) in [5.74, 6) is -0.00272. The molecule has 0 saturated carbocycles. The molecule has 0 aliphatic carbocycles. The van der Waals surface area contributed by atoms with E-state index in [1.54, 1.807) is 36.9 Å². The summed E-state index contributed by atoms with van der Waals surface area (Å²) in [4.78, 5) is 18.1. The summed E-state index contributed by atoms with van der Waals surface area (Å²) in [6, 6.07) is 20.6. The molecule has 0 atom stereocenters. The lowest BCUT2D eigenvalue weighted by Crippen LogP contribution is -1.99. The van der Waals surface area contributed by atoms with E-state index in [2.05, 4.69) is 26.2 Å². The van der Waals surface area contributed by atoms with Gasteiger partial charge >= 0.3 is 0 Å². The molecular weight excluding hydrogens is 508 g/mol. The summed E-state index contributed by atoms with van der Waals surface area (Å²) in [6.07, 6.45) is 0. The lowest BCUT2D eigenvalue weighted by Gasteiger charge is -2.08. The number of aromatic hydroxyl groups is 1. The number of methoxy groups -OCH3 is 1. The molecule has 3 aromatic carbocycles. The van der Waals surface area contributed by atoms with Gasteiger partial charge in [0.15, 0.2) is 5.69 Å². The Morgan fingerprint density at radius 1 is 1.03 bits per heavy atom. The van der Waals surface area contributed by atoms with Crippen LogP contribution in [0.25, 0.3) is 33.1 Å². The van der Waals surface area contributed by atoms with Crippen LogP contribution in [0.3, 0.4) is 0 Å². The van der Waals surface area contributed by atoms with Gasteiger partial charge in [0.2, 0.25) is 5.88 Å². The third-order valence-electron chi connectivity index (χ3n) is 5.93. The Morgan fingerprint density at radius 3 is 2.54 bits per heavy atom. The SMILES string of the molecule is COc1ccc2c(c1)c(N=NC(=O)c1cc(-c3ccc(Br)cc3)nc3ccc(C)cc13)c(O)n2C. The smallest absolute Gasteiger partial charge is 0.296 e. The van der Waals surface area contributed by atoms with E-state index in [-0.39, 0.29) is 11.6 Å². The van der Waals surface area contributed by atoms with Crippen LogP contribution in [0, 0.1) is 6.92 Å². The molecule has 0 unspecified atom stereocenters. The number of rotatable bonds is 4. The number of hydrogen-bond donors (Lipinski definition) is 1. The van der Waals surface area contributed by atoms with Gasteiger partial charge in [0.05, 0.1) is 29.4 Å². The summed E-state index contributed by atoms with van der Waals surface area (Å²) in [5.41, 5.74) is 4.56. The second kappa shape index (κ2) is 8.96. The van der Waals surface area contributed by atoms with Crippen LogP contribution >= 0.6 is 15.9 Å². The fraction of sp³-hybridized carbons (Fsp3) is 0.111. The molecule has 0 fully saturated rings. The van der Waals surface area contributed by atoms with Crippen molar-refractivity contribution in [2.45, 2.75) is 6.92 Å². The molecule has 0 bridgehead atoms. The number of aryl methyl sites for hydroxylation is 2. The summed E-state index contributed by atoms with van der Waals surface area (Å²) in [6.45, 7) is 1.96. The van der Waals surface area contributed by atoms with Gasteiger partial charge in [-0.2, -0.15) is 0 Å². The van der Waals surface area contributed by atoms with E-state index in [0.717, 1.165) is 21.1 Å². The number of azo groups is 1. The highest BCUT2D eigenvalue weighted by molar-refractivity contribution is 9.10. The number of hydrogen-bond acceptors (Lipinski definition) is 5. The summed E-state index contributed by atoms with van der Waals surface area (Å²) in [5, 5.41) is 20.1. The van der Waals surface area contributed by atoms with Gasteiger partial charge < -0.3 is 14.4 Å². The van der Waals surface area contributed by atoms with Crippen LogP contribution in [0.5, 0.6) is 11.6 Å². The predicted molar refractivity (Wildman–Crippen MR) is 140 cm³/mol. The molecule has 2 aromatic heterocycles. The summed E-state index contributed by atoms with van der Waals surface area (Å²) in [7, 11) is 3.28. The molecule has 1 N–H and O–H groups in total. The molecule has 1 amide bonds. The Kier molecular flexibility index (Phi) is 5.82. The Balaban J connectivity index is 1.63. The zero-order valence-electron chi connectivity index (χ0n) is 19.3. The minimum atomic E-state index is -0.527. The molecule has 0 radical (unpaired) electrons. The number of halogens is 1. The minimum absolute atomic E-state index is 0.0872. The molecule has 5 rings (SSSR count). The molecular formula is C27H21BrN4O3. The Hall–Kier alpha value is -4.04. The molecule has 7 nitrogen and oxygen atoms in total. The standard InChI is InChI=1S/C27H21BrN4O3/c1-15-4-10-22-19(12-15)20(14-23(29-22)16-5-7-17(28)8-6-16)26(33)31-30-25-21-13-18(35-3)9-11-24(21)32(2)27(25)34/h4-14,34H,1-3H3. The third-order valence-corrected chi connectivity index (χ3v) is 6.45. The van der Waals surface area contributed by atoms with Gasteiger partial charge in [-0.1, -0.05) is 39.7 Å². The van der Waals surface area contributed by atoms with Gasteiger partial charge in [0.1, 0.15) is 5.75 Å². The van der Waals surface area contributed by atoms with Gasteiger partial charge in [-0.3, -0.25) is 4.79 Å². The van der Waals surface area contributed by atoms with Crippen LogP contribution in [-0.2, 0) is 7.05 Å². The summed E-state index contributed by atoms with van der Waals surface area (Å²) >= 11 is 3.45. The van der Waals surface area contributed by atoms with E-state index in [1.807, 2.05) is 55.5 Å². The fourth-order valence-electron chi connectivity index (χ4n) is 4.05. The Bertz CT molecular complexity index is 1640. The van der Waals surface area contributed by atoms with Crippen molar-refractivity contribution >= 4 is 49.3 Å². The van der Waals surface area contributed by atoms with Crippen molar-refractivity contribution in [2.24, 2.45) is 17.3 Å². The Labute approximate surface area is 209 Å². The number of carbonyl (C=O) groups excluding carboxylic acids is 1. The van der Waals surface area contributed by atoms with Gasteiger partial charge in [-0.15, -0.1) is 10.2 Å². The van der Waals surface area contributed by atoms with E-state index in [4.69, 9.17) is 9.72 Å². The first-order valence-corrected chi connectivity index (χ1v) is 11.6. The first-order chi connectivity index (χ1) is 16.9. The number of nitrogens with zero attached hydrogens (tertiary/aromatic N) is 4. The first-order valence-electron chi connectivity index (χ1n) is 10.8. The van der Waals surface area contributed by atoms with Crippen LogP contribution in [0.15, 0.2) is 81.4 Å². The molecule has 0 aliphatic rings. The normalized spacial score (nSPS) is 11.5. The highest BCUT2D eigenvalue weighted by atomic mass is 79.9. The molecule has 0 saturated heterocycles. The molecule has 2 heterocycles. The molecule has 0 spiro atoms. The molecule has 8 heteroatoms. The molecule has 35 heavy (non-hydrogen) atoms. The maximum Gasteiger partial charge on any atom is 0.296 e. The van der Waals surface area contributed by atoms with E-state index in [1.165, 1.54) is 0 Å². The van der Waals surface area contributed by atoms with Crippen LogP contribution in [0.2, 0.25) is 0 Å². The number of ether oxygens (including phenoxy) is 1. The van der Waals surface area contributed by atoms with E-state index in [9.17, 15) is 9.90 Å². The number of amides is 1. The minimum Gasteiger partial charge on any atom is -0.497 e. The second-order valence-corrected chi connectivity index (χ2v) is 9.12. The van der Waals surface area contributed by atoms with Crippen LogP contribution < -0.4 is 4.74 Å². The monoisotopic (exact) mass is 528 g/mol. The van der Waals surface area contributed by atoms with Gasteiger partial charge in [0.25, 0.3) is 5.91 Å². The van der Waals surface area contributed by atoms with E-state index >= 15 is 0 Å². The van der Waals surface area contributed by atoms with Crippen molar-refractivity contribution < 1.29 is 14.6 Å². The largest absolute Gasteiger partial charge is 0.497 e. The van der Waals surface area contributed by atoms with Crippen molar-refractivity contribution in [2.75, 3.05) is 7.11 Å². The Morgan fingerprint density at radius 2 is 1.80 bits per heavy atom. The highest BCUT2D eigenvalue weighted by Gasteiger charge is 2.18. The van der Waals surface area contributed by atoms with E-state index < -0.39 is 5.91 Å². The number of benzene rings is 3. The van der Waals surface area contributed by atoms with Gasteiger partial charge in [-0.05, 0) is 55.5 Å². The number of carbonyl (C=O) groups is 1. The van der Waals surface area contributed by atoms with Crippen LogP contribution in [-0.4, -0.2) is 27.7 Å². The lowest BCUT2D eigenvalue weighted by atomic mass is 10.0. The van der Waals surface area contributed by atoms with Crippen molar-refractivity contribution in [1.29, 1.82) is 0 Å². The average molecular weight is 529 g/mol. The number of pyridine rings is 1. The van der Waals surface area contributed by atoms with Crippen molar-refractivity contribution in [1.82, 2.24) is 9.55 Å². The van der Waals surface area contributed by atoms with Crippen LogP contribution in [0.4, 0.5) is 5.69 Å². The molecule has 0 aliphatic heterocycles. The number of fused-ring (bicyclic) bond motifs is 2. The maximum absolute atomic E-state index is 13.3. The van der Waals surface area contributed by atoms with Crippen LogP contribution in [0.1, 0.15) is 15.9 Å². The topological polar surface area (TPSA) is 89.1 Å². The fourth-order valence-corrected chi connectivity index (χ4v) is 4.31. The average Bonchev–Trinajstić information content (AvgIpc) is 3.11. The molecule has 5 aromatic rings. The van der Waals surface area contributed by atoms with Gasteiger partial charge in [0, 0.05) is 27.9 Å².